The lowest BCUT2D eigenvalue weighted by atomic mass is 10.2. The summed E-state index contributed by atoms with van der Waals surface area (Å²) in [4.78, 5) is 1.43. The highest BCUT2D eigenvalue weighted by atomic mass is 79.9. The van der Waals surface area contributed by atoms with E-state index in [0.29, 0.717) is 0 Å². The molecule has 0 saturated heterocycles. The van der Waals surface area contributed by atoms with Gasteiger partial charge in [0.15, 0.2) is 0 Å². The van der Waals surface area contributed by atoms with Gasteiger partial charge in [0.25, 0.3) is 0 Å². The monoisotopic (exact) mass is 273 g/mol. The lowest BCUT2D eigenvalue weighted by Crippen LogP contribution is -3.06. The highest BCUT2D eigenvalue weighted by Crippen LogP contribution is 1.98. The third-order valence-electron chi connectivity index (χ3n) is 2.12. The van der Waals surface area contributed by atoms with Crippen LogP contribution in [0.4, 0.5) is 0 Å². The van der Waals surface area contributed by atoms with Crippen molar-refractivity contribution in [3.05, 3.63) is 35.9 Å². The Kier molecular flexibility index (Phi) is 8.67. The van der Waals surface area contributed by atoms with Crippen molar-refractivity contribution in [1.82, 2.24) is 0 Å². The fourth-order valence-electron chi connectivity index (χ4n) is 1.21. The molecule has 0 aliphatic carbocycles. The lowest BCUT2D eigenvalue weighted by Gasteiger charge is -2.07. The van der Waals surface area contributed by atoms with E-state index in [9.17, 15) is 0 Å². The van der Waals surface area contributed by atoms with Gasteiger partial charge in [-0.15, -0.1) is 0 Å². The minimum absolute atomic E-state index is 0. The molecule has 2 nitrogen and oxygen atoms in total. The molecule has 1 aromatic carbocycles. The molecule has 1 N–H and O–H groups in total. The van der Waals surface area contributed by atoms with E-state index in [-0.39, 0.29) is 17.0 Å². The van der Waals surface area contributed by atoms with Crippen LogP contribution in [0.3, 0.4) is 0 Å². The van der Waals surface area contributed by atoms with Crippen LogP contribution in [0, 0.1) is 0 Å². The van der Waals surface area contributed by atoms with Gasteiger partial charge in [-0.3, -0.25) is 0 Å². The number of rotatable bonds is 6. The van der Waals surface area contributed by atoms with Crippen LogP contribution < -0.4 is 21.9 Å². The maximum absolute atomic E-state index is 5.53. The van der Waals surface area contributed by atoms with Crippen LogP contribution >= 0.6 is 0 Å². The number of hydrogen-bond donors (Lipinski definition) is 1. The van der Waals surface area contributed by atoms with Crippen molar-refractivity contribution < 1.29 is 26.6 Å². The highest BCUT2D eigenvalue weighted by molar-refractivity contribution is 5.14. The van der Waals surface area contributed by atoms with Crippen LogP contribution in [0.1, 0.15) is 5.56 Å². The number of benzene rings is 1. The van der Waals surface area contributed by atoms with Crippen LogP contribution in [0.5, 0.6) is 0 Å². The third kappa shape index (κ3) is 7.54. The smallest absolute Gasteiger partial charge is 0.100 e. The Hall–Kier alpha value is -0.380. The molecular weight excluding hydrogens is 254 g/mol. The first-order valence-corrected chi connectivity index (χ1v) is 5.20. The van der Waals surface area contributed by atoms with Gasteiger partial charge in [0.05, 0.1) is 27.3 Å². The normalized spacial score (nSPS) is 10.1. The van der Waals surface area contributed by atoms with E-state index in [4.69, 9.17) is 4.74 Å². The van der Waals surface area contributed by atoms with E-state index in [1.54, 1.807) is 0 Å². The highest BCUT2D eigenvalue weighted by Gasteiger charge is 1.94. The first-order valence-electron chi connectivity index (χ1n) is 5.20. The van der Waals surface area contributed by atoms with Crippen molar-refractivity contribution in [3.63, 3.8) is 0 Å². The Bertz CT molecular complexity index is 239. The summed E-state index contributed by atoms with van der Waals surface area (Å²) < 4.78 is 5.53. The van der Waals surface area contributed by atoms with E-state index >= 15 is 0 Å². The molecule has 3 heteroatoms. The van der Waals surface area contributed by atoms with E-state index in [0.717, 1.165) is 26.2 Å². The van der Waals surface area contributed by atoms with Crippen LogP contribution in [0.2, 0.25) is 0 Å². The zero-order valence-corrected chi connectivity index (χ0v) is 11.1. The van der Waals surface area contributed by atoms with Crippen LogP contribution in [-0.4, -0.2) is 33.9 Å². The van der Waals surface area contributed by atoms with E-state index in [2.05, 4.69) is 38.4 Å². The summed E-state index contributed by atoms with van der Waals surface area (Å²) in [6.07, 6.45) is 1.02. The first-order chi connectivity index (χ1) is 6.79. The SMILES string of the molecule is C[NH+](C)CCOCCc1ccccc1.[Br-]. The number of hydrogen-bond acceptors (Lipinski definition) is 1. The van der Waals surface area contributed by atoms with E-state index in [1.807, 2.05) is 6.07 Å². The molecule has 0 fully saturated rings. The summed E-state index contributed by atoms with van der Waals surface area (Å²) in [5.74, 6) is 0. The molecular formula is C12H20BrNO. The van der Waals surface area contributed by atoms with Crippen molar-refractivity contribution in [1.29, 1.82) is 0 Å². The number of quaternary nitrogens is 1. The topological polar surface area (TPSA) is 13.7 Å². The van der Waals surface area contributed by atoms with Gasteiger partial charge in [-0.1, -0.05) is 30.3 Å². The Morgan fingerprint density at radius 2 is 1.73 bits per heavy atom. The second-order valence-corrected chi connectivity index (χ2v) is 3.81. The number of halogens is 1. The summed E-state index contributed by atoms with van der Waals surface area (Å²) in [6.45, 7) is 2.77. The summed E-state index contributed by atoms with van der Waals surface area (Å²) in [6, 6.07) is 10.5. The molecule has 0 spiro atoms. The quantitative estimate of drug-likeness (QED) is 0.562. The summed E-state index contributed by atoms with van der Waals surface area (Å²) in [7, 11) is 4.28. The zero-order valence-electron chi connectivity index (χ0n) is 9.50. The molecule has 0 bridgehead atoms. The van der Waals surface area contributed by atoms with Gasteiger partial charge in [0.1, 0.15) is 6.54 Å². The van der Waals surface area contributed by atoms with Gasteiger partial charge in [-0.2, -0.15) is 0 Å². The maximum Gasteiger partial charge on any atom is 0.100 e. The van der Waals surface area contributed by atoms with Gasteiger partial charge < -0.3 is 26.6 Å². The summed E-state index contributed by atoms with van der Waals surface area (Å²) in [5, 5.41) is 0. The van der Waals surface area contributed by atoms with Crippen LogP contribution in [0.25, 0.3) is 0 Å². The molecule has 1 rings (SSSR count). The minimum atomic E-state index is 0. The molecule has 0 heterocycles. The number of ether oxygens (including phenoxy) is 1. The Balaban J connectivity index is 0.00000196. The second-order valence-electron chi connectivity index (χ2n) is 3.81. The van der Waals surface area contributed by atoms with Crippen LogP contribution in [0.15, 0.2) is 30.3 Å². The predicted octanol–water partition coefficient (Wildman–Crippen LogP) is -2.61. The largest absolute Gasteiger partial charge is 1.00 e. The van der Waals surface area contributed by atoms with Gasteiger partial charge in [-0.05, 0) is 12.0 Å². The zero-order chi connectivity index (χ0) is 10.2. The molecule has 15 heavy (non-hydrogen) atoms. The molecule has 0 radical (unpaired) electrons. The summed E-state index contributed by atoms with van der Waals surface area (Å²) in [5.41, 5.74) is 1.35. The molecule has 0 aromatic heterocycles. The number of nitrogens with one attached hydrogen (secondary N) is 1. The van der Waals surface area contributed by atoms with E-state index < -0.39 is 0 Å². The van der Waals surface area contributed by atoms with Crippen molar-refractivity contribution in [3.8, 4) is 0 Å². The van der Waals surface area contributed by atoms with Crippen LogP contribution in [-0.2, 0) is 11.2 Å². The average Bonchev–Trinajstić information content (AvgIpc) is 2.18. The Labute approximate surface area is 103 Å². The Morgan fingerprint density at radius 1 is 1.07 bits per heavy atom. The lowest BCUT2D eigenvalue weighted by molar-refractivity contribution is -0.858. The van der Waals surface area contributed by atoms with E-state index in [1.165, 1.54) is 10.5 Å². The standard InChI is InChI=1S/C12H19NO.BrH/c1-13(2)9-11-14-10-8-12-6-4-3-5-7-12;/h3-7H,8-11H2,1-2H3;1H. The van der Waals surface area contributed by atoms with Gasteiger partial charge in [0, 0.05) is 0 Å². The van der Waals surface area contributed by atoms with Crippen molar-refractivity contribution >= 4 is 0 Å². The summed E-state index contributed by atoms with van der Waals surface area (Å²) >= 11 is 0. The van der Waals surface area contributed by atoms with Crippen molar-refractivity contribution in [2.45, 2.75) is 6.42 Å². The minimum Gasteiger partial charge on any atom is -1.00 e. The fraction of sp³-hybridized carbons (Fsp3) is 0.500. The third-order valence-corrected chi connectivity index (χ3v) is 2.12. The predicted molar refractivity (Wildman–Crippen MR) is 58.6 cm³/mol. The molecule has 1 aromatic rings. The second kappa shape index (κ2) is 8.89. The van der Waals surface area contributed by atoms with Gasteiger partial charge >= 0.3 is 0 Å². The molecule has 0 amide bonds. The van der Waals surface area contributed by atoms with Gasteiger partial charge in [-0.25, -0.2) is 0 Å². The Morgan fingerprint density at radius 3 is 2.33 bits per heavy atom. The molecule has 0 atom stereocenters. The molecule has 86 valence electrons. The first kappa shape index (κ1) is 14.6. The van der Waals surface area contributed by atoms with Gasteiger partial charge in [0.2, 0.25) is 0 Å². The molecule has 0 unspecified atom stereocenters. The molecule has 0 saturated carbocycles. The van der Waals surface area contributed by atoms with Crippen molar-refractivity contribution in [2.24, 2.45) is 0 Å². The maximum atomic E-state index is 5.53. The average molecular weight is 274 g/mol. The molecule has 0 aliphatic rings. The number of likely N-dealkylation sites (N-methyl/N-ethyl adjacent to an activating group) is 1. The molecule has 0 aliphatic heterocycles. The van der Waals surface area contributed by atoms with Crippen molar-refractivity contribution in [2.75, 3.05) is 33.9 Å². The fourth-order valence-corrected chi connectivity index (χ4v) is 1.21.